The second kappa shape index (κ2) is 4.67. The van der Waals surface area contributed by atoms with E-state index in [0.717, 1.165) is 4.88 Å². The van der Waals surface area contributed by atoms with Crippen molar-refractivity contribution in [3.05, 3.63) is 22.8 Å². The van der Waals surface area contributed by atoms with Crippen LogP contribution >= 0.6 is 22.9 Å². The second-order valence-corrected chi connectivity index (χ2v) is 4.28. The number of nitrogens with zero attached hydrogens (tertiary/aromatic N) is 2. The molecule has 0 spiro atoms. The quantitative estimate of drug-likeness (QED) is 0.916. The fraction of sp³-hybridized carbons (Fsp3) is 0.200. The molecule has 0 bridgehead atoms. The fourth-order valence-electron chi connectivity index (χ4n) is 1.37. The van der Waals surface area contributed by atoms with Gasteiger partial charge in [-0.1, -0.05) is 11.6 Å². The number of hydrogen-bond donors (Lipinski definition) is 1. The minimum absolute atomic E-state index is 0.606. The van der Waals surface area contributed by atoms with Crippen molar-refractivity contribution in [2.45, 2.75) is 0 Å². The van der Waals surface area contributed by atoms with Crippen molar-refractivity contribution in [3.8, 4) is 16.3 Å². The zero-order chi connectivity index (χ0) is 11.5. The summed E-state index contributed by atoms with van der Waals surface area (Å²) in [4.78, 5) is 9.18. The molecule has 0 saturated heterocycles. The van der Waals surface area contributed by atoms with Gasteiger partial charge in [-0.05, 0) is 11.4 Å². The van der Waals surface area contributed by atoms with Crippen molar-refractivity contribution in [3.63, 3.8) is 0 Å². The first-order valence-corrected chi connectivity index (χ1v) is 5.83. The van der Waals surface area contributed by atoms with Crippen LogP contribution in [-0.2, 0) is 0 Å². The lowest BCUT2D eigenvalue weighted by Gasteiger charge is -2.10. The van der Waals surface area contributed by atoms with Gasteiger partial charge in [0.15, 0.2) is 11.6 Å². The predicted octanol–water partition coefficient (Wildman–Crippen LogP) is 2.91. The van der Waals surface area contributed by atoms with Crippen LogP contribution in [0.5, 0.6) is 5.75 Å². The molecule has 2 aromatic heterocycles. The number of halogens is 1. The molecule has 2 rings (SSSR count). The van der Waals surface area contributed by atoms with E-state index >= 15 is 0 Å². The monoisotopic (exact) mass is 255 g/mol. The van der Waals surface area contributed by atoms with Crippen molar-refractivity contribution in [2.75, 3.05) is 19.5 Å². The zero-order valence-electron chi connectivity index (χ0n) is 8.82. The Morgan fingerprint density at radius 2 is 2.25 bits per heavy atom. The van der Waals surface area contributed by atoms with Crippen molar-refractivity contribution in [2.24, 2.45) is 0 Å². The molecule has 4 nitrogen and oxygen atoms in total. The van der Waals surface area contributed by atoms with Crippen LogP contribution in [0, 0.1) is 0 Å². The maximum atomic E-state index is 6.07. The number of hydrogen-bond acceptors (Lipinski definition) is 5. The molecule has 0 aliphatic rings. The fourth-order valence-corrected chi connectivity index (χ4v) is 2.51. The third kappa shape index (κ3) is 1.83. The van der Waals surface area contributed by atoms with Crippen LogP contribution in [0.15, 0.2) is 17.8 Å². The third-order valence-electron chi connectivity index (χ3n) is 2.08. The SMILES string of the molecule is CNc1ncnc(-c2sccc2Cl)c1OC. The summed E-state index contributed by atoms with van der Waals surface area (Å²) in [6, 6.07) is 1.84. The van der Waals surface area contributed by atoms with Gasteiger partial charge in [0.05, 0.1) is 17.0 Å². The van der Waals surface area contributed by atoms with E-state index in [1.54, 1.807) is 14.2 Å². The Morgan fingerprint density at radius 1 is 1.44 bits per heavy atom. The zero-order valence-corrected chi connectivity index (χ0v) is 10.4. The molecule has 0 aliphatic carbocycles. The molecule has 0 saturated carbocycles. The van der Waals surface area contributed by atoms with Crippen LogP contribution < -0.4 is 10.1 Å². The number of anilines is 1. The van der Waals surface area contributed by atoms with Gasteiger partial charge in [0.1, 0.15) is 12.0 Å². The van der Waals surface area contributed by atoms with Gasteiger partial charge in [0, 0.05) is 7.05 Å². The minimum atomic E-state index is 0.606. The largest absolute Gasteiger partial charge is 0.491 e. The predicted molar refractivity (Wildman–Crippen MR) is 66.5 cm³/mol. The molecule has 0 aliphatic heterocycles. The summed E-state index contributed by atoms with van der Waals surface area (Å²) in [5.74, 6) is 1.26. The van der Waals surface area contributed by atoms with Gasteiger partial charge in [0.25, 0.3) is 0 Å². The summed E-state index contributed by atoms with van der Waals surface area (Å²) in [6.45, 7) is 0. The average molecular weight is 256 g/mol. The van der Waals surface area contributed by atoms with Crippen molar-refractivity contribution in [1.82, 2.24) is 9.97 Å². The first kappa shape index (κ1) is 11.2. The number of rotatable bonds is 3. The lowest BCUT2D eigenvalue weighted by molar-refractivity contribution is 0.415. The van der Waals surface area contributed by atoms with Crippen LogP contribution in [0.4, 0.5) is 5.82 Å². The van der Waals surface area contributed by atoms with E-state index in [9.17, 15) is 0 Å². The topological polar surface area (TPSA) is 47.0 Å². The van der Waals surface area contributed by atoms with E-state index in [2.05, 4.69) is 15.3 Å². The molecule has 0 fully saturated rings. The van der Waals surface area contributed by atoms with Crippen molar-refractivity contribution >= 4 is 28.8 Å². The number of ether oxygens (including phenoxy) is 1. The lowest BCUT2D eigenvalue weighted by atomic mass is 10.3. The summed E-state index contributed by atoms with van der Waals surface area (Å²) in [7, 11) is 3.37. The number of nitrogens with one attached hydrogen (secondary N) is 1. The molecular formula is C10H10ClN3OS. The Labute approximate surface area is 102 Å². The van der Waals surface area contributed by atoms with E-state index in [0.29, 0.717) is 22.3 Å². The van der Waals surface area contributed by atoms with Gasteiger partial charge >= 0.3 is 0 Å². The molecule has 0 radical (unpaired) electrons. The number of methoxy groups -OCH3 is 1. The summed E-state index contributed by atoms with van der Waals surface area (Å²) in [6.07, 6.45) is 1.49. The third-order valence-corrected chi connectivity index (χ3v) is 3.43. The van der Waals surface area contributed by atoms with E-state index in [-0.39, 0.29) is 0 Å². The van der Waals surface area contributed by atoms with E-state index in [1.807, 2.05) is 11.4 Å². The molecule has 16 heavy (non-hydrogen) atoms. The number of thiophene rings is 1. The van der Waals surface area contributed by atoms with Gasteiger partial charge in [-0.15, -0.1) is 11.3 Å². The molecule has 84 valence electrons. The molecule has 2 aromatic rings. The summed E-state index contributed by atoms with van der Waals surface area (Å²) in [5, 5.41) is 5.54. The maximum Gasteiger partial charge on any atom is 0.188 e. The molecule has 0 amide bonds. The Bertz CT molecular complexity index is 501. The minimum Gasteiger partial charge on any atom is -0.491 e. The first-order valence-electron chi connectivity index (χ1n) is 4.58. The van der Waals surface area contributed by atoms with Gasteiger partial charge in [-0.2, -0.15) is 0 Å². The number of aromatic nitrogens is 2. The first-order chi connectivity index (χ1) is 7.77. The molecule has 6 heteroatoms. The molecular weight excluding hydrogens is 246 g/mol. The van der Waals surface area contributed by atoms with Crippen molar-refractivity contribution < 1.29 is 4.74 Å². The highest BCUT2D eigenvalue weighted by Crippen LogP contribution is 2.39. The summed E-state index contributed by atoms with van der Waals surface area (Å²) >= 11 is 7.59. The van der Waals surface area contributed by atoms with Crippen LogP contribution in [0.3, 0.4) is 0 Å². The summed E-state index contributed by atoms with van der Waals surface area (Å²) in [5.41, 5.74) is 0.710. The highest BCUT2D eigenvalue weighted by Gasteiger charge is 2.16. The Hall–Kier alpha value is -1.33. The van der Waals surface area contributed by atoms with Crippen LogP contribution in [0.1, 0.15) is 0 Å². The molecule has 0 aromatic carbocycles. The van der Waals surface area contributed by atoms with E-state index in [4.69, 9.17) is 16.3 Å². The highest BCUT2D eigenvalue weighted by molar-refractivity contribution is 7.14. The molecule has 0 atom stereocenters. The van der Waals surface area contributed by atoms with Crippen molar-refractivity contribution in [1.29, 1.82) is 0 Å². The van der Waals surface area contributed by atoms with Gasteiger partial charge in [-0.25, -0.2) is 9.97 Å². The van der Waals surface area contributed by atoms with Gasteiger partial charge in [0.2, 0.25) is 0 Å². The normalized spacial score (nSPS) is 10.2. The second-order valence-electron chi connectivity index (χ2n) is 2.95. The smallest absolute Gasteiger partial charge is 0.188 e. The lowest BCUT2D eigenvalue weighted by Crippen LogP contribution is -2.00. The maximum absolute atomic E-state index is 6.07. The molecule has 1 N–H and O–H groups in total. The average Bonchev–Trinajstić information content (AvgIpc) is 2.74. The van der Waals surface area contributed by atoms with Crippen LogP contribution in [0.25, 0.3) is 10.6 Å². The van der Waals surface area contributed by atoms with E-state index in [1.165, 1.54) is 17.7 Å². The Kier molecular flexibility index (Phi) is 3.26. The highest BCUT2D eigenvalue weighted by atomic mass is 35.5. The Morgan fingerprint density at radius 3 is 2.81 bits per heavy atom. The van der Waals surface area contributed by atoms with Crippen LogP contribution in [0.2, 0.25) is 5.02 Å². The summed E-state index contributed by atoms with van der Waals surface area (Å²) < 4.78 is 5.31. The molecule has 2 heterocycles. The van der Waals surface area contributed by atoms with Crippen LogP contribution in [-0.4, -0.2) is 24.1 Å². The van der Waals surface area contributed by atoms with E-state index < -0.39 is 0 Å². The van der Waals surface area contributed by atoms with Gasteiger partial charge < -0.3 is 10.1 Å². The standard InChI is InChI=1S/C10H10ClN3OS/c1-12-10-8(15-2)7(13-5-14-10)9-6(11)3-4-16-9/h3-5H,1-2H3,(H,12,13,14). The van der Waals surface area contributed by atoms with Gasteiger partial charge in [-0.3, -0.25) is 0 Å². The molecule has 0 unspecified atom stereocenters. The Balaban J connectivity index is 2.61.